The van der Waals surface area contributed by atoms with Crippen LogP contribution in [0.25, 0.3) is 0 Å². The number of nitrogens with zero attached hydrogens (tertiary/aromatic N) is 5. The minimum Gasteiger partial charge on any atom is -0.427 e. The molecular weight excluding hydrogens is 927 g/mol. The zero-order valence-electron chi connectivity index (χ0n) is 46.4. The number of ketones is 3. The Kier molecular flexibility index (Phi) is 71.1. The van der Waals surface area contributed by atoms with Crippen molar-refractivity contribution in [2.45, 2.75) is 202 Å². The monoisotopic (exact) mass is 1030 g/mol. The van der Waals surface area contributed by atoms with Crippen molar-refractivity contribution in [2.24, 2.45) is 25.0 Å². The third-order valence-electron chi connectivity index (χ3n) is 9.49. The quantitative estimate of drug-likeness (QED) is 0.0340. The molecule has 18 heteroatoms. The summed E-state index contributed by atoms with van der Waals surface area (Å²) in [5.41, 5.74) is 5.51. The number of rotatable bonds is 39. The van der Waals surface area contributed by atoms with Crippen LogP contribution in [0, 0.1) is 0 Å². The van der Waals surface area contributed by atoms with Gasteiger partial charge in [0.05, 0.1) is 0 Å². The van der Waals surface area contributed by atoms with E-state index < -0.39 is 0 Å². The van der Waals surface area contributed by atoms with Gasteiger partial charge in [0, 0.05) is 116 Å². The molecule has 0 aromatic rings. The molecule has 0 saturated carbocycles. The fourth-order valence-electron chi connectivity index (χ4n) is 5.77. The lowest BCUT2D eigenvalue weighted by Crippen LogP contribution is -2.01. The van der Waals surface area contributed by atoms with Crippen LogP contribution in [0.1, 0.15) is 172 Å². The lowest BCUT2D eigenvalue weighted by atomic mass is 10.2. The summed E-state index contributed by atoms with van der Waals surface area (Å²) in [6.45, 7) is 23.8. The molecule has 0 amide bonds. The van der Waals surface area contributed by atoms with Gasteiger partial charge in [-0.3, -0.25) is 39.3 Å². The first-order valence-electron chi connectivity index (χ1n) is 25.5. The predicted octanol–water partition coefficient (Wildman–Crippen LogP) is 8.03. The number of Topliss-reactive ketones (excluding diaryl/α,β-unsaturated/α-hetero) is 3. The fraction of sp³-hybridized carbons (Fsp3) is 0.837. The maximum atomic E-state index is 10.7. The maximum absolute atomic E-state index is 10.7. The second-order valence-electron chi connectivity index (χ2n) is 17.1. The molecule has 0 atom stereocenters. The Hall–Kier alpha value is -1.76. The molecule has 0 bridgehead atoms. The average Bonchev–Trinajstić information content (AvgIpc) is 3.27. The molecule has 0 aliphatic carbocycles. The van der Waals surface area contributed by atoms with Gasteiger partial charge in [0.15, 0.2) is 48.8 Å². The van der Waals surface area contributed by atoms with E-state index >= 15 is 0 Å². The van der Waals surface area contributed by atoms with Crippen LogP contribution < -0.4 is 0 Å². The van der Waals surface area contributed by atoms with Crippen molar-refractivity contribution >= 4 is 94.7 Å². The molecular formula is C49H107N5O8Si5. The minimum atomic E-state index is -0.281. The van der Waals surface area contributed by atoms with Crippen LogP contribution in [0.5, 0.6) is 0 Å². The Morgan fingerprint density at radius 3 is 0.776 bits per heavy atom. The lowest BCUT2D eigenvalue weighted by Gasteiger charge is -2.00. The van der Waals surface area contributed by atoms with E-state index in [9.17, 15) is 14.4 Å². The van der Waals surface area contributed by atoms with E-state index in [0.717, 1.165) is 69.1 Å². The van der Waals surface area contributed by atoms with E-state index in [4.69, 9.17) is 22.1 Å². The van der Waals surface area contributed by atoms with Crippen molar-refractivity contribution in [1.82, 2.24) is 0 Å². The van der Waals surface area contributed by atoms with Crippen LogP contribution in [0.3, 0.4) is 0 Å². The zero-order valence-corrected chi connectivity index (χ0v) is 53.5. The van der Waals surface area contributed by atoms with Crippen LogP contribution in [0.15, 0.2) is 25.0 Å². The van der Waals surface area contributed by atoms with E-state index in [0.29, 0.717) is 19.3 Å². The van der Waals surface area contributed by atoms with Gasteiger partial charge in [-0.1, -0.05) is 39.5 Å². The molecule has 0 aromatic heterocycles. The van der Waals surface area contributed by atoms with E-state index in [2.05, 4.69) is 52.7 Å². The first-order valence-corrected chi connectivity index (χ1v) is 33.4. The van der Waals surface area contributed by atoms with Crippen LogP contribution in [0.4, 0.5) is 0 Å². The van der Waals surface area contributed by atoms with E-state index in [-0.39, 0.29) is 66.2 Å². The van der Waals surface area contributed by atoms with Crippen LogP contribution in [0.2, 0.25) is 30.2 Å². The normalized spacial score (nSPS) is 12.8. The molecule has 0 heterocycles. The average molecular weight is 1030 g/mol. The predicted molar refractivity (Wildman–Crippen MR) is 309 cm³/mol. The highest BCUT2D eigenvalue weighted by Gasteiger charge is 1.99. The van der Waals surface area contributed by atoms with Crippen molar-refractivity contribution in [2.75, 3.05) is 68.3 Å². The lowest BCUT2D eigenvalue weighted by molar-refractivity contribution is -0.116. The number of carbonyl (C=O) groups excluding carboxylic acids is 3. The summed E-state index contributed by atoms with van der Waals surface area (Å²) in [5, 5.41) is 0. The van der Waals surface area contributed by atoms with Crippen molar-refractivity contribution in [1.29, 1.82) is 0 Å². The minimum absolute atomic E-state index is 0.187. The highest BCUT2D eigenvalue weighted by atomic mass is 28.2. The third-order valence-corrected chi connectivity index (χ3v) is 15.5. The summed E-state index contributed by atoms with van der Waals surface area (Å²) >= 11 is 0. The van der Waals surface area contributed by atoms with E-state index in [1.54, 1.807) is 42.1 Å². The molecule has 13 nitrogen and oxygen atoms in total. The Morgan fingerprint density at radius 1 is 0.328 bits per heavy atom. The summed E-state index contributed by atoms with van der Waals surface area (Å²) in [7, 11) is 7.70. The highest BCUT2D eigenvalue weighted by molar-refractivity contribution is 6.28. The second-order valence-corrected chi connectivity index (χ2v) is 25.6. The molecule has 0 N–H and O–H groups in total. The van der Waals surface area contributed by atoms with Gasteiger partial charge in [-0.15, -0.1) is 0 Å². The van der Waals surface area contributed by atoms with Crippen LogP contribution >= 0.6 is 0 Å². The first kappa shape index (κ1) is 74.2. The standard InChI is InChI=1S/2C11H25NOSi.3C9H19NO2Si/c2*1-4-5-8-11(2)12-9-6-7-10-14-13-3;3*1-8(7-9(2)11)10-5-4-6-13-12-3/h2*4-10,14H2,1-3H3;3*4-7,13H2,1-3H3. The summed E-state index contributed by atoms with van der Waals surface area (Å²) in [4.78, 5) is 54.1. The highest BCUT2D eigenvalue weighted by Crippen LogP contribution is 2.02. The Balaban J connectivity index is -0.000000239. The molecule has 0 rings (SSSR count). The molecule has 0 spiro atoms. The molecule has 0 unspecified atom stereocenters. The number of carbonyl (C=O) groups is 3. The largest absolute Gasteiger partial charge is 0.427 e. The summed E-state index contributed by atoms with van der Waals surface area (Å²) in [6, 6.07) is 6.13. The second kappa shape index (κ2) is 64.2. The number of aliphatic imine (C=N–C) groups is 5. The van der Waals surface area contributed by atoms with Crippen molar-refractivity contribution in [3.05, 3.63) is 0 Å². The Labute approximate surface area is 424 Å². The van der Waals surface area contributed by atoms with E-state index in [1.165, 1.54) is 106 Å². The number of unbranched alkanes of at least 4 members (excludes halogenated alkanes) is 4. The molecule has 0 fully saturated rings. The van der Waals surface area contributed by atoms with Crippen molar-refractivity contribution in [3.63, 3.8) is 0 Å². The van der Waals surface area contributed by atoms with Gasteiger partial charge in [-0.05, 0) is 143 Å². The summed E-state index contributed by atoms with van der Waals surface area (Å²) < 4.78 is 25.4. The SMILES string of the molecule is CCCCC(C)=NCCCC[SiH2]OC.CCCCC(C)=NCCCC[SiH2]OC.CO[SiH2]CCCN=C(C)CC(C)=O.CO[SiH2]CCCN=C(C)CC(C)=O.CO[SiH2]CCCN=C(C)CC(C)=O. The number of hydrogen-bond donors (Lipinski definition) is 0. The van der Waals surface area contributed by atoms with Crippen molar-refractivity contribution < 1.29 is 36.5 Å². The first-order chi connectivity index (χ1) is 32.1. The van der Waals surface area contributed by atoms with Gasteiger partial charge in [-0.2, -0.15) is 0 Å². The van der Waals surface area contributed by atoms with Gasteiger partial charge in [0.25, 0.3) is 0 Å². The van der Waals surface area contributed by atoms with Gasteiger partial charge >= 0.3 is 0 Å². The topological polar surface area (TPSA) is 159 Å². The zero-order chi connectivity index (χ0) is 51.6. The molecule has 0 aliphatic heterocycles. The maximum Gasteiger partial charge on any atom is 0.161 e. The van der Waals surface area contributed by atoms with Gasteiger partial charge in [0.2, 0.25) is 0 Å². The Bertz CT molecular complexity index is 1150. The summed E-state index contributed by atoms with van der Waals surface area (Å²) in [5.74, 6) is 0.563. The van der Waals surface area contributed by atoms with Crippen LogP contribution in [-0.4, -0.2) is 163 Å². The number of hydrogen-bond acceptors (Lipinski definition) is 13. The molecule has 0 radical (unpaired) electrons. The molecule has 0 aromatic carbocycles. The van der Waals surface area contributed by atoms with Gasteiger partial charge in [-0.25, -0.2) is 0 Å². The van der Waals surface area contributed by atoms with E-state index in [1.807, 2.05) is 35.0 Å². The smallest absolute Gasteiger partial charge is 0.161 e. The molecule has 396 valence electrons. The van der Waals surface area contributed by atoms with Gasteiger partial charge in [0.1, 0.15) is 17.3 Å². The fourth-order valence-corrected chi connectivity index (χ4v) is 9.61. The van der Waals surface area contributed by atoms with Crippen LogP contribution in [-0.2, 0) is 36.5 Å². The third kappa shape index (κ3) is 81.6. The summed E-state index contributed by atoms with van der Waals surface area (Å²) in [6.07, 6.45) is 17.3. The Morgan fingerprint density at radius 2 is 0.552 bits per heavy atom. The molecule has 67 heavy (non-hydrogen) atoms. The van der Waals surface area contributed by atoms with Crippen molar-refractivity contribution in [3.8, 4) is 0 Å². The molecule has 0 aliphatic rings. The molecule has 0 saturated heterocycles. The van der Waals surface area contributed by atoms with Gasteiger partial charge < -0.3 is 22.1 Å².